The topological polar surface area (TPSA) is 299 Å². The van der Waals surface area contributed by atoms with Gasteiger partial charge in [-0.3, -0.25) is 43.2 Å². The Hall–Kier alpha value is -5.77. The number of rotatable bonds is 17. The molecular formula is C51H76N10O10S2. The molecule has 5 rings (SSSR count). The summed E-state index contributed by atoms with van der Waals surface area (Å²) < 4.78 is 0. The molecule has 73 heavy (non-hydrogen) atoms. The number of carbonyl (C=O) groups is 9. The summed E-state index contributed by atoms with van der Waals surface area (Å²) in [5.74, 6) is -6.06. The van der Waals surface area contributed by atoms with Gasteiger partial charge in [-0.05, 0) is 92.5 Å². The van der Waals surface area contributed by atoms with E-state index >= 15 is 0 Å². The van der Waals surface area contributed by atoms with Crippen LogP contribution in [-0.4, -0.2) is 136 Å². The average Bonchev–Trinajstić information content (AvgIpc) is 4.01. The molecule has 9 amide bonds. The molecule has 11 N–H and O–H groups in total. The third-order valence-electron chi connectivity index (χ3n) is 13.6. The second kappa shape index (κ2) is 28.1. The minimum atomic E-state index is -1.28. The first-order valence-corrected chi connectivity index (χ1v) is 28.0. The molecule has 22 heteroatoms. The highest BCUT2D eigenvalue weighted by Crippen LogP contribution is 2.30. The highest BCUT2D eigenvalue weighted by Gasteiger charge is 2.39. The molecule has 4 unspecified atom stereocenters. The van der Waals surface area contributed by atoms with E-state index in [1.807, 2.05) is 58.9 Å². The summed E-state index contributed by atoms with van der Waals surface area (Å²) in [6.45, 7) is 10.9. The van der Waals surface area contributed by atoms with Crippen LogP contribution in [0.3, 0.4) is 0 Å². The Morgan fingerprint density at radius 2 is 1.62 bits per heavy atom. The van der Waals surface area contributed by atoms with Gasteiger partial charge in [0.15, 0.2) is 0 Å². The van der Waals surface area contributed by atoms with Crippen LogP contribution in [0.15, 0.2) is 60.1 Å². The maximum atomic E-state index is 14.7. The van der Waals surface area contributed by atoms with Crippen molar-refractivity contribution < 1.29 is 48.3 Å². The summed E-state index contributed by atoms with van der Waals surface area (Å²) in [7, 11) is 2.50. The van der Waals surface area contributed by atoms with Crippen molar-refractivity contribution in [2.24, 2.45) is 35.3 Å². The van der Waals surface area contributed by atoms with Crippen molar-refractivity contribution in [2.75, 3.05) is 24.6 Å². The average molecular weight is 1050 g/mol. The van der Waals surface area contributed by atoms with Crippen LogP contribution in [0.5, 0.6) is 0 Å². The van der Waals surface area contributed by atoms with Gasteiger partial charge in [0.1, 0.15) is 48.1 Å². The van der Waals surface area contributed by atoms with Gasteiger partial charge >= 0.3 is 0 Å². The molecule has 0 radical (unpaired) electrons. The Morgan fingerprint density at radius 3 is 2.30 bits per heavy atom. The molecule has 0 saturated carbocycles. The Kier molecular flexibility index (Phi) is 22.3. The van der Waals surface area contributed by atoms with Gasteiger partial charge in [0, 0.05) is 30.4 Å². The molecular weight excluding hydrogens is 977 g/mol. The molecule has 0 bridgehead atoms. The van der Waals surface area contributed by atoms with Crippen LogP contribution < -0.4 is 48.3 Å². The Bertz CT molecular complexity index is 2200. The van der Waals surface area contributed by atoms with Gasteiger partial charge in [0.05, 0.1) is 12.6 Å². The number of hydrogen-bond donors (Lipinski definition) is 10. The van der Waals surface area contributed by atoms with Crippen molar-refractivity contribution in [3.63, 3.8) is 0 Å². The van der Waals surface area contributed by atoms with E-state index in [9.17, 15) is 48.3 Å². The van der Waals surface area contributed by atoms with Crippen molar-refractivity contribution in [3.05, 3.63) is 60.1 Å². The number of aliphatic hydroxyl groups is 1. The van der Waals surface area contributed by atoms with Gasteiger partial charge in [-0.2, -0.15) is 0 Å². The van der Waals surface area contributed by atoms with Crippen molar-refractivity contribution in [1.29, 1.82) is 0 Å². The fourth-order valence-electron chi connectivity index (χ4n) is 9.38. The number of aliphatic hydroxyl groups excluding tert-OH is 1. The molecule has 3 aliphatic heterocycles. The Morgan fingerprint density at radius 1 is 0.863 bits per heavy atom. The van der Waals surface area contributed by atoms with Crippen LogP contribution >= 0.6 is 21.6 Å². The number of nitrogens with zero attached hydrogens (tertiary/aromatic N) is 1. The number of primary amides is 1. The molecule has 2 saturated heterocycles. The van der Waals surface area contributed by atoms with E-state index in [0.717, 1.165) is 5.57 Å². The summed E-state index contributed by atoms with van der Waals surface area (Å²) in [5, 5.41) is 32.6. The van der Waals surface area contributed by atoms with Gasteiger partial charge in [-0.15, -0.1) is 0 Å². The van der Waals surface area contributed by atoms with Gasteiger partial charge < -0.3 is 58.3 Å². The monoisotopic (exact) mass is 1050 g/mol. The summed E-state index contributed by atoms with van der Waals surface area (Å²) >= 11 is 0. The second-order valence-electron chi connectivity index (χ2n) is 20.3. The molecule has 2 fully saturated rings. The standard InChI is InChI=1S/C51H76N10O10S2/c1-7-30(6)44(51(71)56-36(45(52)65)21-28(2)3)60-48(68)39(24-32-25-53-35-12-9-8-11-34(32)35)57-49(69)40-27-73-72-20-18-43(64)61-19-10-13-41(61)50(70)58-38(23-31-14-16-33(62)17-15-31)46(66)54-26-42(63)55-37(22-29(4)5)47(67)59-40/h8-9,11-12,14,16-17,25,28-31,34-41,44,53,62H,7,10,13,15,18-24,26-27H2,1-6H3,(H2,52,65)(H,54,66)(H,55,63)(H,56,71)(H,57,69)(H,58,70)(H,59,67)(H,60,68)/t30?,31?,34?,35?,36-,37-,38-,39-,40-,41-,44-/m0/s1. The minimum absolute atomic E-state index is 0.0207. The molecule has 0 spiro atoms. The summed E-state index contributed by atoms with van der Waals surface area (Å²) in [6.07, 6.45) is 17.0. The highest BCUT2D eigenvalue weighted by atomic mass is 33.1. The number of allylic oxidation sites excluding steroid dienone is 5. The van der Waals surface area contributed by atoms with E-state index in [0.29, 0.717) is 32.2 Å². The normalized spacial score (nSPS) is 26.8. The number of hydrogen-bond acceptors (Lipinski definition) is 13. The van der Waals surface area contributed by atoms with Crippen LogP contribution in [0.25, 0.3) is 0 Å². The largest absolute Gasteiger partial charge is 0.508 e. The van der Waals surface area contributed by atoms with Gasteiger partial charge in [-0.1, -0.05) is 99.9 Å². The first-order valence-electron chi connectivity index (χ1n) is 25.5. The van der Waals surface area contributed by atoms with Crippen LogP contribution in [-0.2, 0) is 43.2 Å². The fourth-order valence-corrected chi connectivity index (χ4v) is 11.5. The zero-order chi connectivity index (χ0) is 53.4. The number of fused-ring (bicyclic) bond motifs is 2. The molecule has 0 aromatic rings. The van der Waals surface area contributed by atoms with Crippen LogP contribution in [0.1, 0.15) is 99.3 Å². The Labute approximate surface area is 436 Å². The lowest BCUT2D eigenvalue weighted by Crippen LogP contribution is -2.60. The Balaban J connectivity index is 1.41. The van der Waals surface area contributed by atoms with Crippen LogP contribution in [0.2, 0.25) is 0 Å². The van der Waals surface area contributed by atoms with Crippen LogP contribution in [0, 0.1) is 29.6 Å². The predicted octanol–water partition coefficient (Wildman–Crippen LogP) is 1.81. The lowest BCUT2D eigenvalue weighted by molar-refractivity contribution is -0.139. The maximum Gasteiger partial charge on any atom is 0.244 e. The molecule has 2 aliphatic carbocycles. The quantitative estimate of drug-likeness (QED) is 0.0932. The van der Waals surface area contributed by atoms with E-state index in [2.05, 4.69) is 42.5 Å². The second-order valence-corrected chi connectivity index (χ2v) is 23.0. The lowest BCUT2D eigenvalue weighted by atomic mass is 9.87. The van der Waals surface area contributed by atoms with E-state index in [1.165, 1.54) is 32.6 Å². The van der Waals surface area contributed by atoms with Gasteiger partial charge in [0.25, 0.3) is 0 Å². The smallest absolute Gasteiger partial charge is 0.244 e. The zero-order valence-electron chi connectivity index (χ0n) is 42.8. The van der Waals surface area contributed by atoms with E-state index in [4.69, 9.17) is 5.73 Å². The first-order chi connectivity index (χ1) is 34.7. The number of nitrogens with one attached hydrogen (secondary N) is 8. The first kappa shape index (κ1) is 58.1. The van der Waals surface area contributed by atoms with Crippen LogP contribution in [0.4, 0.5) is 0 Å². The lowest BCUT2D eigenvalue weighted by Gasteiger charge is -2.30. The number of amides is 9. The molecule has 0 aromatic carbocycles. The predicted molar refractivity (Wildman–Crippen MR) is 280 cm³/mol. The van der Waals surface area contributed by atoms with E-state index < -0.39 is 102 Å². The van der Waals surface area contributed by atoms with Gasteiger partial charge in [-0.25, -0.2) is 0 Å². The highest BCUT2D eigenvalue weighted by molar-refractivity contribution is 8.76. The van der Waals surface area contributed by atoms with E-state index in [-0.39, 0.29) is 85.0 Å². The summed E-state index contributed by atoms with van der Waals surface area (Å²) in [6, 6.07) is -7.81. The minimum Gasteiger partial charge on any atom is -0.508 e. The summed E-state index contributed by atoms with van der Waals surface area (Å²) in [5.41, 5.74) is 6.47. The van der Waals surface area contributed by atoms with Crippen molar-refractivity contribution in [2.45, 2.75) is 148 Å². The third-order valence-corrected chi connectivity index (χ3v) is 16.0. The molecule has 5 aliphatic rings. The SMILES string of the molecule is CCC(C)[C@H](NC(=O)[C@H](CC1=CNC2C=CC=CC12)NC(=O)[C@@H]1CSSCCC(=O)N2CCC[C@H]2C(=O)N[C@@H](CC2C=CC(O)=CC2)C(=O)NCC(=O)N[C@@H](CC(C)C)C(=O)N1)C(=O)N[C@@H](CC(C)C)C(N)=O. The molecule has 20 nitrogen and oxygen atoms in total. The molecule has 0 aromatic heterocycles. The molecule has 11 atom stereocenters. The number of carbonyl (C=O) groups excluding carboxylic acids is 9. The van der Waals surface area contributed by atoms with Crippen molar-refractivity contribution >= 4 is 74.8 Å². The maximum absolute atomic E-state index is 14.7. The molecule has 3 heterocycles. The third kappa shape index (κ3) is 17.4. The molecule has 402 valence electrons. The van der Waals surface area contributed by atoms with E-state index in [1.54, 1.807) is 25.3 Å². The van der Waals surface area contributed by atoms with Gasteiger partial charge in [0.2, 0.25) is 53.2 Å². The van der Waals surface area contributed by atoms with Crippen molar-refractivity contribution in [1.82, 2.24) is 47.4 Å². The summed E-state index contributed by atoms with van der Waals surface area (Å²) in [4.78, 5) is 126. The number of nitrogens with two attached hydrogens (primary N) is 1. The fraction of sp³-hybridized carbons (Fsp3) is 0.627. The van der Waals surface area contributed by atoms with Crippen molar-refractivity contribution in [3.8, 4) is 0 Å². The zero-order valence-corrected chi connectivity index (χ0v) is 44.4.